The van der Waals surface area contributed by atoms with Crippen molar-refractivity contribution in [3.63, 3.8) is 0 Å². The number of hydrogen-bond acceptors (Lipinski definition) is 11. The molecule has 15 nitrogen and oxygen atoms in total. The summed E-state index contributed by atoms with van der Waals surface area (Å²) in [5, 5.41) is 26.5. The zero-order valence-corrected chi connectivity index (χ0v) is 22.2. The minimum Gasteiger partial charge on any atom is -0.497 e. The molecule has 0 saturated carbocycles. The summed E-state index contributed by atoms with van der Waals surface area (Å²) in [5.74, 6) is -0.579. The Bertz CT molecular complexity index is 1580. The van der Waals surface area contributed by atoms with Crippen molar-refractivity contribution in [3.8, 4) is 17.2 Å². The molecule has 0 aliphatic carbocycles. The number of methoxy groups -OCH3 is 3. The van der Waals surface area contributed by atoms with Crippen LogP contribution in [0.15, 0.2) is 70.7 Å². The molecule has 1 N–H and O–H groups in total. The van der Waals surface area contributed by atoms with Crippen LogP contribution in [0.4, 0.5) is 17.1 Å². The predicted molar refractivity (Wildman–Crippen MR) is 143 cm³/mol. The Kier molecular flexibility index (Phi) is 9.18. The summed E-state index contributed by atoms with van der Waals surface area (Å²) in [4.78, 5) is 33.5. The van der Waals surface area contributed by atoms with Crippen molar-refractivity contribution in [1.29, 1.82) is 0 Å². The molecule has 3 aromatic carbocycles. The zero-order valence-electron chi connectivity index (χ0n) is 21.3. The molecule has 0 bridgehead atoms. The summed E-state index contributed by atoms with van der Waals surface area (Å²) in [6, 6.07) is 12.8. The molecule has 0 aromatic heterocycles. The van der Waals surface area contributed by atoms with Crippen LogP contribution in [-0.2, 0) is 14.8 Å². The van der Waals surface area contributed by atoms with Crippen LogP contribution in [0.5, 0.6) is 17.2 Å². The number of anilines is 1. The van der Waals surface area contributed by atoms with E-state index in [1.165, 1.54) is 69.9 Å². The van der Waals surface area contributed by atoms with Crippen molar-refractivity contribution >= 4 is 39.2 Å². The number of ether oxygens (including phenoxy) is 3. The van der Waals surface area contributed by atoms with Gasteiger partial charge >= 0.3 is 5.69 Å². The van der Waals surface area contributed by atoms with Gasteiger partial charge in [0.2, 0.25) is 0 Å². The highest BCUT2D eigenvalue weighted by Crippen LogP contribution is 2.37. The van der Waals surface area contributed by atoms with Crippen LogP contribution in [0.2, 0.25) is 0 Å². The van der Waals surface area contributed by atoms with Gasteiger partial charge in [-0.2, -0.15) is 5.10 Å². The lowest BCUT2D eigenvalue weighted by Crippen LogP contribution is -2.40. The molecule has 0 atom stereocenters. The molecule has 0 saturated heterocycles. The van der Waals surface area contributed by atoms with Gasteiger partial charge < -0.3 is 14.2 Å². The first-order valence-corrected chi connectivity index (χ1v) is 12.6. The fourth-order valence-electron chi connectivity index (χ4n) is 3.51. The number of nitro benzene ring substituents is 2. The van der Waals surface area contributed by atoms with Crippen molar-refractivity contribution in [2.45, 2.75) is 4.90 Å². The van der Waals surface area contributed by atoms with Crippen LogP contribution in [0, 0.1) is 20.2 Å². The van der Waals surface area contributed by atoms with E-state index in [0.717, 1.165) is 18.3 Å². The number of benzene rings is 3. The van der Waals surface area contributed by atoms with Crippen molar-refractivity contribution < 1.29 is 37.3 Å². The number of nitrogens with one attached hydrogen (secondary N) is 1. The molecule has 16 heteroatoms. The average molecular weight is 574 g/mol. The predicted octanol–water partition coefficient (Wildman–Crippen LogP) is 2.87. The quantitative estimate of drug-likeness (QED) is 0.191. The van der Waals surface area contributed by atoms with E-state index in [2.05, 4.69) is 10.5 Å². The summed E-state index contributed by atoms with van der Waals surface area (Å²) in [6.45, 7) is -0.864. The molecule has 0 aliphatic heterocycles. The van der Waals surface area contributed by atoms with Crippen LogP contribution in [0.3, 0.4) is 0 Å². The second kappa shape index (κ2) is 12.5. The van der Waals surface area contributed by atoms with Gasteiger partial charge in [-0.25, -0.2) is 13.8 Å². The third kappa shape index (κ3) is 6.41. The first-order chi connectivity index (χ1) is 19.0. The number of hydrazone groups is 1. The topological polar surface area (TPSA) is 193 Å². The van der Waals surface area contributed by atoms with E-state index in [4.69, 9.17) is 14.2 Å². The van der Waals surface area contributed by atoms with Crippen LogP contribution in [0.1, 0.15) is 5.56 Å². The second-order valence-electron chi connectivity index (χ2n) is 7.76. The van der Waals surface area contributed by atoms with Gasteiger partial charge in [0.1, 0.15) is 18.0 Å². The standard InChI is InChI=1S/C24H23N5O10S/c1-37-17-9-10-18(22(13-17)39-3)27(40(35,36)23-7-5-4-6-19(23)28(31)32)15-24(30)26-25-14-16-8-11-21(38-2)20(12-16)29(33)34/h4-14H,15H2,1-3H3,(H,26,30)/b25-14-. The van der Waals surface area contributed by atoms with E-state index in [0.29, 0.717) is 10.1 Å². The van der Waals surface area contributed by atoms with E-state index in [1.54, 1.807) is 0 Å². The number of sulfonamides is 1. The summed E-state index contributed by atoms with van der Waals surface area (Å²) in [6.07, 6.45) is 1.11. The van der Waals surface area contributed by atoms with Crippen LogP contribution in [-0.4, -0.2) is 58.3 Å². The van der Waals surface area contributed by atoms with Gasteiger partial charge in [0, 0.05) is 23.8 Å². The molecule has 0 spiro atoms. The molecule has 0 fully saturated rings. The molecule has 0 radical (unpaired) electrons. The highest BCUT2D eigenvalue weighted by atomic mass is 32.2. The molecule has 1 amide bonds. The molecule has 0 aliphatic rings. The van der Waals surface area contributed by atoms with Gasteiger partial charge in [-0.15, -0.1) is 0 Å². The Balaban J connectivity index is 1.98. The molecular weight excluding hydrogens is 550 g/mol. The summed E-state index contributed by atoms with van der Waals surface area (Å²) in [7, 11) is -0.774. The molecule has 210 valence electrons. The maximum absolute atomic E-state index is 13.7. The first kappa shape index (κ1) is 29.3. The van der Waals surface area contributed by atoms with E-state index >= 15 is 0 Å². The van der Waals surface area contributed by atoms with Crippen molar-refractivity contribution in [2.75, 3.05) is 32.2 Å². The summed E-state index contributed by atoms with van der Waals surface area (Å²) in [5.41, 5.74) is 1.27. The van der Waals surface area contributed by atoms with Crippen molar-refractivity contribution in [1.82, 2.24) is 5.43 Å². The van der Waals surface area contributed by atoms with Gasteiger partial charge in [0.15, 0.2) is 10.6 Å². The molecule has 3 rings (SSSR count). The van der Waals surface area contributed by atoms with Gasteiger partial charge in [0.25, 0.3) is 21.6 Å². The van der Waals surface area contributed by atoms with E-state index < -0.39 is 42.9 Å². The SMILES string of the molecule is COc1ccc(N(CC(=O)N/N=C\c2ccc(OC)c([N+](=O)[O-])c2)S(=O)(=O)c2ccccc2[N+](=O)[O-])c(OC)c1. The van der Waals surface area contributed by atoms with E-state index in [-0.39, 0.29) is 28.4 Å². The summed E-state index contributed by atoms with van der Waals surface area (Å²) < 4.78 is 43.4. The number of carbonyl (C=O) groups is 1. The van der Waals surface area contributed by atoms with Gasteiger partial charge in [-0.3, -0.25) is 29.3 Å². The third-order valence-corrected chi connectivity index (χ3v) is 7.18. The largest absolute Gasteiger partial charge is 0.497 e. The second-order valence-corrected chi connectivity index (χ2v) is 9.59. The van der Waals surface area contributed by atoms with Crippen molar-refractivity contribution in [2.24, 2.45) is 5.10 Å². The number of para-hydroxylation sites is 1. The van der Waals surface area contributed by atoms with Gasteiger partial charge in [-0.05, 0) is 30.3 Å². The highest BCUT2D eigenvalue weighted by molar-refractivity contribution is 7.93. The number of amides is 1. The maximum atomic E-state index is 13.7. The fourth-order valence-corrected chi connectivity index (χ4v) is 5.10. The van der Waals surface area contributed by atoms with Crippen molar-refractivity contribution in [3.05, 3.63) is 86.5 Å². The smallest absolute Gasteiger partial charge is 0.311 e. The minimum atomic E-state index is -4.71. The lowest BCUT2D eigenvalue weighted by atomic mass is 10.2. The van der Waals surface area contributed by atoms with Crippen LogP contribution >= 0.6 is 0 Å². The van der Waals surface area contributed by atoms with E-state index in [1.807, 2.05) is 0 Å². The van der Waals surface area contributed by atoms with Crippen LogP contribution in [0.25, 0.3) is 0 Å². The number of nitrogens with zero attached hydrogens (tertiary/aromatic N) is 4. The average Bonchev–Trinajstić information content (AvgIpc) is 2.95. The van der Waals surface area contributed by atoms with Gasteiger partial charge in [-0.1, -0.05) is 12.1 Å². The number of hydrogen-bond donors (Lipinski definition) is 1. The Labute approximate surface area is 227 Å². The normalized spacial score (nSPS) is 11.1. The molecule has 0 unspecified atom stereocenters. The number of carbonyl (C=O) groups excluding carboxylic acids is 1. The Morgan fingerprint density at radius 3 is 2.23 bits per heavy atom. The maximum Gasteiger partial charge on any atom is 0.311 e. The highest BCUT2D eigenvalue weighted by Gasteiger charge is 2.34. The molecule has 0 heterocycles. The number of rotatable bonds is 12. The monoisotopic (exact) mass is 573 g/mol. The Morgan fingerprint density at radius 1 is 0.925 bits per heavy atom. The van der Waals surface area contributed by atoms with E-state index in [9.17, 15) is 33.4 Å². The van der Waals surface area contributed by atoms with Gasteiger partial charge in [0.05, 0.1) is 43.1 Å². The minimum absolute atomic E-state index is 0.00310. The molecule has 40 heavy (non-hydrogen) atoms. The zero-order chi connectivity index (χ0) is 29.4. The lowest BCUT2D eigenvalue weighted by Gasteiger charge is -2.25. The molecule has 3 aromatic rings. The third-order valence-electron chi connectivity index (χ3n) is 5.38. The van der Waals surface area contributed by atoms with Crippen LogP contribution < -0.4 is 23.9 Å². The fraction of sp³-hybridized carbons (Fsp3) is 0.167. The number of nitro groups is 2. The lowest BCUT2D eigenvalue weighted by molar-refractivity contribution is -0.387. The Hall–Kier alpha value is -5.25. The summed E-state index contributed by atoms with van der Waals surface area (Å²) >= 11 is 0. The molecular formula is C24H23N5O10S. The first-order valence-electron chi connectivity index (χ1n) is 11.2. The Morgan fingerprint density at radius 2 is 1.60 bits per heavy atom.